The third-order valence-electron chi connectivity index (χ3n) is 2.53. The number of halogens is 3. The van der Waals surface area contributed by atoms with E-state index in [0.717, 1.165) is 12.0 Å². The molecule has 16 heavy (non-hydrogen) atoms. The van der Waals surface area contributed by atoms with E-state index >= 15 is 0 Å². The van der Waals surface area contributed by atoms with Crippen molar-refractivity contribution >= 4 is 11.6 Å². The van der Waals surface area contributed by atoms with Crippen LogP contribution < -0.4 is 0 Å². The van der Waals surface area contributed by atoms with Crippen LogP contribution in [0.1, 0.15) is 25.8 Å². The van der Waals surface area contributed by atoms with Crippen molar-refractivity contribution in [1.29, 1.82) is 0 Å². The maximum atomic E-state index is 13.0. The minimum Gasteiger partial charge on any atom is -0.204 e. The summed E-state index contributed by atoms with van der Waals surface area (Å²) < 4.78 is 25.7. The van der Waals surface area contributed by atoms with Gasteiger partial charge in [-0.25, -0.2) is 8.78 Å². The van der Waals surface area contributed by atoms with Crippen LogP contribution in [0.5, 0.6) is 0 Å². The number of rotatable bonds is 5. The van der Waals surface area contributed by atoms with Gasteiger partial charge in [-0.3, -0.25) is 0 Å². The van der Waals surface area contributed by atoms with Gasteiger partial charge in [0, 0.05) is 5.88 Å². The molecule has 0 saturated carbocycles. The molecule has 0 nitrogen and oxygen atoms in total. The molecular weight excluding hydrogens is 230 g/mol. The van der Waals surface area contributed by atoms with Gasteiger partial charge in [-0.2, -0.15) is 0 Å². The van der Waals surface area contributed by atoms with Gasteiger partial charge in [-0.05, 0) is 42.4 Å². The Morgan fingerprint density at radius 2 is 1.88 bits per heavy atom. The first-order chi connectivity index (χ1) is 7.52. The largest absolute Gasteiger partial charge is 0.204 e. The van der Waals surface area contributed by atoms with Crippen LogP contribution in [0.25, 0.3) is 0 Å². The lowest BCUT2D eigenvalue weighted by molar-refractivity contribution is 0.439. The van der Waals surface area contributed by atoms with E-state index in [0.29, 0.717) is 24.1 Å². The van der Waals surface area contributed by atoms with Gasteiger partial charge in [0.05, 0.1) is 0 Å². The highest BCUT2D eigenvalue weighted by Crippen LogP contribution is 2.20. The van der Waals surface area contributed by atoms with Gasteiger partial charge < -0.3 is 0 Å². The SMILES string of the molecule is CC(C)CC(CCl)Cc1ccc(F)c(F)c1. The molecule has 1 rings (SSSR count). The number of hydrogen-bond donors (Lipinski definition) is 0. The minimum absolute atomic E-state index is 0.325. The van der Waals surface area contributed by atoms with Crippen LogP contribution in [0.15, 0.2) is 18.2 Å². The fraction of sp³-hybridized carbons (Fsp3) is 0.538. The predicted molar refractivity (Wildman–Crippen MR) is 63.7 cm³/mol. The zero-order valence-electron chi connectivity index (χ0n) is 9.64. The Morgan fingerprint density at radius 1 is 1.19 bits per heavy atom. The Kier molecular flexibility index (Phi) is 5.20. The van der Waals surface area contributed by atoms with Crippen LogP contribution in [-0.4, -0.2) is 5.88 Å². The van der Waals surface area contributed by atoms with Crippen molar-refractivity contribution in [3.8, 4) is 0 Å². The molecule has 0 aliphatic carbocycles. The molecule has 0 aliphatic heterocycles. The molecule has 0 aliphatic rings. The molecule has 0 radical (unpaired) electrons. The van der Waals surface area contributed by atoms with E-state index in [1.165, 1.54) is 12.1 Å². The van der Waals surface area contributed by atoms with Crippen LogP contribution in [-0.2, 0) is 6.42 Å². The summed E-state index contributed by atoms with van der Waals surface area (Å²) in [5, 5.41) is 0. The average molecular weight is 247 g/mol. The fourth-order valence-electron chi connectivity index (χ4n) is 1.87. The van der Waals surface area contributed by atoms with E-state index < -0.39 is 11.6 Å². The van der Waals surface area contributed by atoms with Crippen LogP contribution in [0, 0.1) is 23.5 Å². The van der Waals surface area contributed by atoms with E-state index in [4.69, 9.17) is 11.6 Å². The Labute approximate surface area is 101 Å². The summed E-state index contributed by atoms with van der Waals surface area (Å²) in [6.07, 6.45) is 1.71. The van der Waals surface area contributed by atoms with Gasteiger partial charge in [-0.1, -0.05) is 19.9 Å². The van der Waals surface area contributed by atoms with Gasteiger partial charge >= 0.3 is 0 Å². The second-order valence-corrected chi connectivity index (χ2v) is 4.91. The third kappa shape index (κ3) is 4.09. The summed E-state index contributed by atoms with van der Waals surface area (Å²) in [5.74, 6) is -0.136. The molecule has 1 atom stereocenters. The van der Waals surface area contributed by atoms with Crippen LogP contribution in [0.3, 0.4) is 0 Å². The topological polar surface area (TPSA) is 0 Å². The van der Waals surface area contributed by atoms with Crippen molar-refractivity contribution in [1.82, 2.24) is 0 Å². The summed E-state index contributed by atoms with van der Waals surface area (Å²) in [7, 11) is 0. The Morgan fingerprint density at radius 3 is 2.38 bits per heavy atom. The van der Waals surface area contributed by atoms with Gasteiger partial charge in [-0.15, -0.1) is 11.6 Å². The monoisotopic (exact) mass is 246 g/mol. The fourth-order valence-corrected chi connectivity index (χ4v) is 2.10. The summed E-state index contributed by atoms with van der Waals surface area (Å²) in [5.41, 5.74) is 0.810. The molecule has 0 aromatic heterocycles. The van der Waals surface area contributed by atoms with Gasteiger partial charge in [0.1, 0.15) is 0 Å². The number of benzene rings is 1. The molecule has 1 unspecified atom stereocenters. The smallest absolute Gasteiger partial charge is 0.159 e. The first kappa shape index (κ1) is 13.4. The minimum atomic E-state index is -0.796. The molecule has 1 aromatic carbocycles. The van der Waals surface area contributed by atoms with Crippen LogP contribution in [0.4, 0.5) is 8.78 Å². The second kappa shape index (κ2) is 6.19. The highest BCUT2D eigenvalue weighted by molar-refractivity contribution is 6.18. The van der Waals surface area contributed by atoms with E-state index in [9.17, 15) is 8.78 Å². The van der Waals surface area contributed by atoms with E-state index in [1.54, 1.807) is 6.07 Å². The van der Waals surface area contributed by atoms with Crippen LogP contribution >= 0.6 is 11.6 Å². The van der Waals surface area contributed by atoms with Crippen molar-refractivity contribution in [2.45, 2.75) is 26.7 Å². The van der Waals surface area contributed by atoms with Crippen molar-refractivity contribution in [3.05, 3.63) is 35.4 Å². The first-order valence-electron chi connectivity index (χ1n) is 5.52. The van der Waals surface area contributed by atoms with Crippen molar-refractivity contribution in [3.63, 3.8) is 0 Å². The summed E-state index contributed by atoms with van der Waals surface area (Å²) in [4.78, 5) is 0. The quantitative estimate of drug-likeness (QED) is 0.675. The molecule has 3 heteroatoms. The molecule has 0 saturated heterocycles. The number of hydrogen-bond acceptors (Lipinski definition) is 0. The van der Waals surface area contributed by atoms with E-state index in [-0.39, 0.29) is 0 Å². The maximum absolute atomic E-state index is 13.0. The molecule has 0 spiro atoms. The second-order valence-electron chi connectivity index (χ2n) is 4.60. The zero-order valence-corrected chi connectivity index (χ0v) is 10.4. The molecule has 0 fully saturated rings. The Balaban J connectivity index is 2.66. The standard InChI is InChI=1S/C13H17ClF2/c1-9(2)5-11(8-14)6-10-3-4-12(15)13(16)7-10/h3-4,7,9,11H,5-6,8H2,1-2H3. The van der Waals surface area contributed by atoms with Gasteiger partial charge in [0.25, 0.3) is 0 Å². The van der Waals surface area contributed by atoms with Crippen molar-refractivity contribution in [2.75, 3.05) is 5.88 Å². The number of alkyl halides is 1. The lowest BCUT2D eigenvalue weighted by Crippen LogP contribution is -2.10. The van der Waals surface area contributed by atoms with Gasteiger partial charge in [0.15, 0.2) is 11.6 Å². The van der Waals surface area contributed by atoms with Crippen LogP contribution in [0.2, 0.25) is 0 Å². The molecular formula is C13H17ClF2. The van der Waals surface area contributed by atoms with Gasteiger partial charge in [0.2, 0.25) is 0 Å². The lowest BCUT2D eigenvalue weighted by Gasteiger charge is -2.16. The van der Waals surface area contributed by atoms with E-state index in [1.807, 2.05) is 0 Å². The summed E-state index contributed by atoms with van der Waals surface area (Å²) >= 11 is 5.86. The summed E-state index contributed by atoms with van der Waals surface area (Å²) in [6, 6.07) is 4.05. The molecule has 0 heterocycles. The average Bonchev–Trinajstić information content (AvgIpc) is 2.22. The molecule has 0 amide bonds. The molecule has 0 N–H and O–H groups in total. The lowest BCUT2D eigenvalue weighted by atomic mass is 9.92. The third-order valence-corrected chi connectivity index (χ3v) is 2.97. The normalized spacial score (nSPS) is 13.1. The Hall–Kier alpha value is -0.630. The van der Waals surface area contributed by atoms with Crippen molar-refractivity contribution < 1.29 is 8.78 Å². The molecule has 90 valence electrons. The zero-order chi connectivity index (χ0) is 12.1. The van der Waals surface area contributed by atoms with E-state index in [2.05, 4.69) is 13.8 Å². The first-order valence-corrected chi connectivity index (χ1v) is 6.06. The molecule has 1 aromatic rings. The predicted octanol–water partition coefficient (Wildman–Crippen LogP) is 4.41. The van der Waals surface area contributed by atoms with Crippen molar-refractivity contribution in [2.24, 2.45) is 11.8 Å². The maximum Gasteiger partial charge on any atom is 0.159 e. The summed E-state index contributed by atoms with van der Waals surface area (Å²) in [6.45, 7) is 4.26. The Bertz CT molecular complexity index is 337. The molecule has 0 bridgehead atoms. The highest BCUT2D eigenvalue weighted by atomic mass is 35.5. The highest BCUT2D eigenvalue weighted by Gasteiger charge is 2.12.